The van der Waals surface area contributed by atoms with Gasteiger partial charge in [-0.15, -0.1) is 0 Å². The Balaban J connectivity index is 2.26. The Morgan fingerprint density at radius 3 is 2.43 bits per heavy atom. The molecule has 1 atom stereocenters. The summed E-state index contributed by atoms with van der Waals surface area (Å²) in [6, 6.07) is 13.7. The third-order valence-electron chi connectivity index (χ3n) is 3.88. The number of nitrogens with one attached hydrogen (secondary N) is 1. The molecule has 0 saturated carbocycles. The zero-order chi connectivity index (χ0) is 15.2. The van der Waals surface area contributed by atoms with Crippen molar-refractivity contribution in [3.8, 4) is 0 Å². The molecule has 21 heavy (non-hydrogen) atoms. The minimum atomic E-state index is -0.157. The second-order valence-corrected chi connectivity index (χ2v) is 5.59. The Hall–Kier alpha value is -1.67. The summed E-state index contributed by atoms with van der Waals surface area (Å²) < 4.78 is 14.1. The van der Waals surface area contributed by atoms with Crippen LogP contribution in [0.1, 0.15) is 48.1 Å². The lowest BCUT2D eigenvalue weighted by atomic mass is 9.95. The van der Waals surface area contributed by atoms with Gasteiger partial charge in [0.25, 0.3) is 0 Å². The normalized spacial score (nSPS) is 12.4. The van der Waals surface area contributed by atoms with Gasteiger partial charge in [0.05, 0.1) is 6.04 Å². The summed E-state index contributed by atoms with van der Waals surface area (Å²) in [6.07, 6.45) is 3.52. The number of hydrogen-bond acceptors (Lipinski definition) is 1. The SMILES string of the molecule is CCCCc1ccc(C(NC)c2cc(C)ccc2F)cc1. The van der Waals surface area contributed by atoms with Crippen LogP contribution >= 0.6 is 0 Å². The molecule has 0 spiro atoms. The maximum Gasteiger partial charge on any atom is 0.128 e. The third kappa shape index (κ3) is 3.92. The van der Waals surface area contributed by atoms with Gasteiger partial charge >= 0.3 is 0 Å². The molecular formula is C19H24FN. The average Bonchev–Trinajstić information content (AvgIpc) is 2.50. The monoisotopic (exact) mass is 285 g/mol. The van der Waals surface area contributed by atoms with Crippen LogP contribution < -0.4 is 5.32 Å². The average molecular weight is 285 g/mol. The van der Waals surface area contributed by atoms with Crippen molar-refractivity contribution in [3.05, 3.63) is 70.5 Å². The highest BCUT2D eigenvalue weighted by atomic mass is 19.1. The lowest BCUT2D eigenvalue weighted by molar-refractivity contribution is 0.575. The van der Waals surface area contributed by atoms with Gasteiger partial charge in [0, 0.05) is 5.56 Å². The Kier molecular flexibility index (Phi) is 5.51. The number of unbranched alkanes of at least 4 members (excludes halogenated alkanes) is 1. The van der Waals surface area contributed by atoms with Crippen LogP contribution in [0.5, 0.6) is 0 Å². The van der Waals surface area contributed by atoms with Crippen molar-refractivity contribution in [2.75, 3.05) is 7.05 Å². The van der Waals surface area contributed by atoms with Crippen LogP contribution in [0.3, 0.4) is 0 Å². The van der Waals surface area contributed by atoms with E-state index in [0.717, 1.165) is 17.5 Å². The van der Waals surface area contributed by atoms with Crippen LogP contribution in [0.4, 0.5) is 4.39 Å². The molecule has 0 aromatic heterocycles. The largest absolute Gasteiger partial charge is 0.309 e. The van der Waals surface area contributed by atoms with E-state index in [0.29, 0.717) is 5.56 Å². The molecule has 0 saturated heterocycles. The van der Waals surface area contributed by atoms with Gasteiger partial charge in [0.1, 0.15) is 5.82 Å². The van der Waals surface area contributed by atoms with Gasteiger partial charge in [-0.25, -0.2) is 4.39 Å². The van der Waals surface area contributed by atoms with Crippen molar-refractivity contribution in [1.29, 1.82) is 0 Å². The quantitative estimate of drug-likeness (QED) is 0.805. The molecule has 0 radical (unpaired) electrons. The van der Waals surface area contributed by atoms with Crippen LogP contribution in [0.25, 0.3) is 0 Å². The molecule has 0 heterocycles. The number of benzene rings is 2. The van der Waals surface area contributed by atoms with E-state index in [9.17, 15) is 4.39 Å². The van der Waals surface area contributed by atoms with Crippen molar-refractivity contribution in [2.24, 2.45) is 0 Å². The fourth-order valence-electron chi connectivity index (χ4n) is 2.64. The molecule has 2 heteroatoms. The summed E-state index contributed by atoms with van der Waals surface area (Å²) in [4.78, 5) is 0. The van der Waals surface area contributed by atoms with Gasteiger partial charge in [-0.2, -0.15) is 0 Å². The molecule has 0 bridgehead atoms. The van der Waals surface area contributed by atoms with E-state index in [2.05, 4.69) is 36.5 Å². The molecule has 1 unspecified atom stereocenters. The number of rotatable bonds is 6. The molecule has 112 valence electrons. The maximum absolute atomic E-state index is 14.1. The fraction of sp³-hybridized carbons (Fsp3) is 0.368. The van der Waals surface area contributed by atoms with Crippen LogP contribution in [0.2, 0.25) is 0 Å². The van der Waals surface area contributed by atoms with Crippen LogP contribution in [-0.2, 0) is 6.42 Å². The van der Waals surface area contributed by atoms with E-state index < -0.39 is 0 Å². The van der Waals surface area contributed by atoms with E-state index in [4.69, 9.17) is 0 Å². The smallest absolute Gasteiger partial charge is 0.128 e. The van der Waals surface area contributed by atoms with Gasteiger partial charge in [-0.05, 0) is 44.0 Å². The molecule has 0 amide bonds. The maximum atomic E-state index is 14.1. The molecule has 1 nitrogen and oxygen atoms in total. The summed E-state index contributed by atoms with van der Waals surface area (Å²) in [5, 5.41) is 3.23. The van der Waals surface area contributed by atoms with Crippen LogP contribution in [-0.4, -0.2) is 7.05 Å². The minimum absolute atomic E-state index is 0.106. The predicted octanol–water partition coefficient (Wildman–Crippen LogP) is 4.79. The molecule has 2 aromatic rings. The van der Waals surface area contributed by atoms with Crippen molar-refractivity contribution >= 4 is 0 Å². The molecule has 0 aliphatic carbocycles. The number of halogens is 1. The highest BCUT2D eigenvalue weighted by molar-refractivity contribution is 5.36. The van der Waals surface area contributed by atoms with Crippen molar-refractivity contribution in [1.82, 2.24) is 5.32 Å². The third-order valence-corrected chi connectivity index (χ3v) is 3.88. The number of hydrogen-bond donors (Lipinski definition) is 1. The van der Waals surface area contributed by atoms with Gasteiger partial charge in [-0.3, -0.25) is 0 Å². The Morgan fingerprint density at radius 1 is 1.10 bits per heavy atom. The van der Waals surface area contributed by atoms with Crippen molar-refractivity contribution in [2.45, 2.75) is 39.2 Å². The summed E-state index contributed by atoms with van der Waals surface area (Å²) in [5.41, 5.74) is 4.23. The van der Waals surface area contributed by atoms with Gasteiger partial charge < -0.3 is 5.32 Å². The molecule has 2 rings (SSSR count). The first kappa shape index (κ1) is 15.7. The number of aryl methyl sites for hydroxylation is 2. The second kappa shape index (κ2) is 7.37. The molecule has 0 aliphatic rings. The zero-order valence-electron chi connectivity index (χ0n) is 13.1. The molecule has 0 fully saturated rings. The standard InChI is InChI=1S/C19H24FN/c1-4-5-6-15-8-10-16(11-9-15)19(21-3)17-13-14(2)7-12-18(17)20/h7-13,19,21H,4-6H2,1-3H3. The summed E-state index contributed by atoms with van der Waals surface area (Å²) in [5.74, 6) is -0.157. The molecule has 2 aromatic carbocycles. The minimum Gasteiger partial charge on any atom is -0.309 e. The molecule has 0 aliphatic heterocycles. The summed E-state index contributed by atoms with van der Waals surface area (Å²) in [7, 11) is 1.87. The topological polar surface area (TPSA) is 12.0 Å². The fourth-order valence-corrected chi connectivity index (χ4v) is 2.64. The van der Waals surface area contributed by atoms with Crippen molar-refractivity contribution in [3.63, 3.8) is 0 Å². The van der Waals surface area contributed by atoms with E-state index in [1.165, 1.54) is 18.4 Å². The van der Waals surface area contributed by atoms with Crippen molar-refractivity contribution < 1.29 is 4.39 Å². The molecular weight excluding hydrogens is 261 g/mol. The lowest BCUT2D eigenvalue weighted by Gasteiger charge is -2.19. The van der Waals surface area contributed by atoms with Crippen LogP contribution in [0, 0.1) is 12.7 Å². The Morgan fingerprint density at radius 2 is 1.81 bits per heavy atom. The summed E-state index contributed by atoms with van der Waals surface area (Å²) >= 11 is 0. The highest BCUT2D eigenvalue weighted by Crippen LogP contribution is 2.25. The lowest BCUT2D eigenvalue weighted by Crippen LogP contribution is -2.19. The van der Waals surface area contributed by atoms with E-state index in [1.54, 1.807) is 12.1 Å². The second-order valence-electron chi connectivity index (χ2n) is 5.59. The molecule has 1 N–H and O–H groups in total. The predicted molar refractivity (Wildman–Crippen MR) is 87.1 cm³/mol. The van der Waals surface area contributed by atoms with E-state index in [-0.39, 0.29) is 11.9 Å². The Labute approximate surface area is 127 Å². The van der Waals surface area contributed by atoms with Gasteiger partial charge in [0.15, 0.2) is 0 Å². The van der Waals surface area contributed by atoms with E-state index >= 15 is 0 Å². The summed E-state index contributed by atoms with van der Waals surface area (Å²) in [6.45, 7) is 4.19. The Bertz CT molecular complexity index is 575. The first-order valence-electron chi connectivity index (χ1n) is 7.68. The first-order valence-corrected chi connectivity index (χ1v) is 7.68. The van der Waals surface area contributed by atoms with E-state index in [1.807, 2.05) is 20.0 Å². The van der Waals surface area contributed by atoms with Gasteiger partial charge in [0.2, 0.25) is 0 Å². The van der Waals surface area contributed by atoms with Crippen LogP contribution in [0.15, 0.2) is 42.5 Å². The highest BCUT2D eigenvalue weighted by Gasteiger charge is 2.16. The van der Waals surface area contributed by atoms with Gasteiger partial charge in [-0.1, -0.05) is 55.3 Å². The zero-order valence-corrected chi connectivity index (χ0v) is 13.1. The first-order chi connectivity index (χ1) is 10.2.